The van der Waals surface area contributed by atoms with Gasteiger partial charge >= 0.3 is 5.97 Å². The number of carbonyl (C=O) groups is 2. The Morgan fingerprint density at radius 3 is 2.44 bits per heavy atom. The van der Waals surface area contributed by atoms with Crippen molar-refractivity contribution in [2.45, 2.75) is 24.3 Å². The molecule has 0 unspecified atom stereocenters. The number of nitrogens with zero attached hydrogens (tertiary/aromatic N) is 4. The van der Waals surface area contributed by atoms with Crippen LogP contribution in [0.1, 0.15) is 18.4 Å². The van der Waals surface area contributed by atoms with E-state index in [4.69, 9.17) is 4.74 Å². The maximum absolute atomic E-state index is 12.4. The van der Waals surface area contributed by atoms with E-state index in [1.807, 2.05) is 4.90 Å². The SMILES string of the molecule is CN(C)S(=O)(=O)c1ccccc1CNC(=O)COC(=O)C1CCN(c2ncccn2)CC1. The Balaban J connectivity index is 1.46. The molecule has 1 aliphatic rings. The molecule has 2 aromatic rings. The van der Waals surface area contributed by atoms with Crippen molar-refractivity contribution in [2.24, 2.45) is 5.92 Å². The van der Waals surface area contributed by atoms with E-state index in [1.54, 1.807) is 36.7 Å². The number of hydrogen-bond donors (Lipinski definition) is 1. The first-order valence-electron chi connectivity index (χ1n) is 10.2. The summed E-state index contributed by atoms with van der Waals surface area (Å²) >= 11 is 0. The van der Waals surface area contributed by atoms with Gasteiger partial charge in [0.15, 0.2) is 6.61 Å². The fourth-order valence-corrected chi connectivity index (χ4v) is 4.48. The van der Waals surface area contributed by atoms with Gasteiger partial charge in [0.25, 0.3) is 5.91 Å². The number of hydrogen-bond acceptors (Lipinski definition) is 8. The Labute approximate surface area is 187 Å². The van der Waals surface area contributed by atoms with Crippen molar-refractivity contribution in [1.29, 1.82) is 0 Å². The van der Waals surface area contributed by atoms with Crippen LogP contribution in [0.4, 0.5) is 5.95 Å². The topological polar surface area (TPSA) is 122 Å². The molecule has 0 radical (unpaired) electrons. The second-order valence-electron chi connectivity index (χ2n) is 7.59. The number of amides is 1. The molecule has 0 atom stereocenters. The third kappa shape index (κ3) is 5.80. The highest BCUT2D eigenvalue weighted by Crippen LogP contribution is 2.21. The third-order valence-corrected chi connectivity index (χ3v) is 7.13. The average Bonchev–Trinajstić information content (AvgIpc) is 2.82. The van der Waals surface area contributed by atoms with Crippen LogP contribution in [-0.2, 0) is 30.9 Å². The lowest BCUT2D eigenvalue weighted by Crippen LogP contribution is -2.38. The highest BCUT2D eigenvalue weighted by atomic mass is 32.2. The highest BCUT2D eigenvalue weighted by Gasteiger charge is 2.27. The number of piperidine rings is 1. The Kier molecular flexibility index (Phi) is 7.75. The molecule has 1 N–H and O–H groups in total. The minimum Gasteiger partial charge on any atom is -0.455 e. The molecule has 0 bridgehead atoms. The standard InChI is InChI=1S/C21H27N5O5S/c1-25(2)32(29,30)18-7-4-3-6-17(18)14-24-19(27)15-31-20(28)16-8-12-26(13-9-16)21-22-10-5-11-23-21/h3-7,10-11,16H,8-9,12-15H2,1-2H3,(H,24,27). The molecule has 0 saturated carbocycles. The Morgan fingerprint density at radius 1 is 1.12 bits per heavy atom. The maximum Gasteiger partial charge on any atom is 0.309 e. The molecule has 10 nitrogen and oxygen atoms in total. The number of rotatable bonds is 8. The zero-order valence-electron chi connectivity index (χ0n) is 18.1. The summed E-state index contributed by atoms with van der Waals surface area (Å²) in [6.07, 6.45) is 4.54. The van der Waals surface area contributed by atoms with E-state index < -0.39 is 28.5 Å². The number of benzene rings is 1. The van der Waals surface area contributed by atoms with E-state index in [0.717, 1.165) is 4.31 Å². The van der Waals surface area contributed by atoms with E-state index in [0.29, 0.717) is 37.4 Å². The zero-order valence-corrected chi connectivity index (χ0v) is 18.9. The lowest BCUT2D eigenvalue weighted by molar-refractivity contribution is -0.153. The van der Waals surface area contributed by atoms with Crippen LogP contribution in [0.15, 0.2) is 47.6 Å². The van der Waals surface area contributed by atoms with E-state index in [-0.39, 0.29) is 17.4 Å². The first-order valence-corrected chi connectivity index (χ1v) is 11.7. The molecule has 3 rings (SSSR count). The molecule has 1 amide bonds. The summed E-state index contributed by atoms with van der Waals surface area (Å²) in [6, 6.07) is 8.19. The number of anilines is 1. The van der Waals surface area contributed by atoms with Gasteiger partial charge in [-0.25, -0.2) is 22.7 Å². The third-order valence-electron chi connectivity index (χ3n) is 5.22. The van der Waals surface area contributed by atoms with Crippen LogP contribution < -0.4 is 10.2 Å². The normalized spacial score (nSPS) is 14.9. The zero-order chi connectivity index (χ0) is 23.1. The van der Waals surface area contributed by atoms with Crippen LogP contribution in [0, 0.1) is 5.92 Å². The average molecular weight is 462 g/mol. The smallest absolute Gasteiger partial charge is 0.309 e. The Bertz CT molecular complexity index is 1040. The molecule has 1 saturated heterocycles. The monoisotopic (exact) mass is 461 g/mol. The number of aromatic nitrogens is 2. The van der Waals surface area contributed by atoms with Gasteiger partial charge in [-0.3, -0.25) is 9.59 Å². The molecule has 2 heterocycles. The van der Waals surface area contributed by atoms with Crippen molar-refractivity contribution in [3.63, 3.8) is 0 Å². The quantitative estimate of drug-likeness (QED) is 0.573. The molecule has 1 aliphatic heterocycles. The molecule has 172 valence electrons. The first kappa shape index (κ1) is 23.6. The highest BCUT2D eigenvalue weighted by molar-refractivity contribution is 7.89. The van der Waals surface area contributed by atoms with Gasteiger partial charge < -0.3 is 15.0 Å². The summed E-state index contributed by atoms with van der Waals surface area (Å²) in [5.74, 6) is -0.557. The first-order chi connectivity index (χ1) is 15.3. The summed E-state index contributed by atoms with van der Waals surface area (Å²) < 4.78 is 31.2. The van der Waals surface area contributed by atoms with Crippen molar-refractivity contribution >= 4 is 27.8 Å². The molecule has 32 heavy (non-hydrogen) atoms. The molecule has 1 aromatic carbocycles. The van der Waals surface area contributed by atoms with E-state index in [1.165, 1.54) is 20.2 Å². The van der Waals surface area contributed by atoms with Crippen LogP contribution in [0.3, 0.4) is 0 Å². The second-order valence-corrected chi connectivity index (χ2v) is 9.71. The predicted molar refractivity (Wildman–Crippen MR) is 117 cm³/mol. The molecule has 1 fully saturated rings. The number of sulfonamides is 1. The largest absolute Gasteiger partial charge is 0.455 e. The second kappa shape index (κ2) is 10.5. The fraction of sp³-hybridized carbons (Fsp3) is 0.429. The van der Waals surface area contributed by atoms with Crippen LogP contribution in [0.5, 0.6) is 0 Å². The molecular formula is C21H27N5O5S. The van der Waals surface area contributed by atoms with Gasteiger partial charge in [-0.1, -0.05) is 18.2 Å². The van der Waals surface area contributed by atoms with Gasteiger partial charge in [0.2, 0.25) is 16.0 Å². The maximum atomic E-state index is 12.4. The van der Waals surface area contributed by atoms with Gasteiger partial charge in [-0.15, -0.1) is 0 Å². The summed E-state index contributed by atoms with van der Waals surface area (Å²) in [5.41, 5.74) is 0.455. The van der Waals surface area contributed by atoms with Crippen LogP contribution >= 0.6 is 0 Å². The van der Waals surface area contributed by atoms with Gasteiger partial charge in [-0.2, -0.15) is 0 Å². The number of nitrogens with one attached hydrogen (secondary N) is 1. The minimum atomic E-state index is -3.64. The van der Waals surface area contributed by atoms with Crippen molar-refractivity contribution in [3.05, 3.63) is 48.3 Å². The lowest BCUT2D eigenvalue weighted by atomic mass is 9.97. The van der Waals surface area contributed by atoms with Gasteiger partial charge in [0, 0.05) is 46.1 Å². The predicted octanol–water partition coefficient (Wildman–Crippen LogP) is 0.803. The molecule has 0 spiro atoms. The Morgan fingerprint density at radius 2 is 1.78 bits per heavy atom. The molecule has 11 heteroatoms. The number of esters is 1. The van der Waals surface area contributed by atoms with Gasteiger partial charge in [0.1, 0.15) is 0 Å². The summed E-state index contributed by atoms with van der Waals surface area (Å²) in [6.45, 7) is 0.860. The summed E-state index contributed by atoms with van der Waals surface area (Å²) in [4.78, 5) is 35.1. The molecular weight excluding hydrogens is 434 g/mol. The van der Waals surface area contributed by atoms with Gasteiger partial charge in [0.05, 0.1) is 10.8 Å². The van der Waals surface area contributed by atoms with Crippen molar-refractivity contribution in [3.8, 4) is 0 Å². The minimum absolute atomic E-state index is 0.00902. The molecule has 0 aliphatic carbocycles. The lowest BCUT2D eigenvalue weighted by Gasteiger charge is -2.30. The number of carbonyl (C=O) groups excluding carboxylic acids is 2. The summed E-state index contributed by atoms with van der Waals surface area (Å²) in [7, 11) is -0.745. The van der Waals surface area contributed by atoms with Gasteiger partial charge in [-0.05, 0) is 30.5 Å². The van der Waals surface area contributed by atoms with Crippen molar-refractivity contribution < 1.29 is 22.7 Å². The van der Waals surface area contributed by atoms with Crippen LogP contribution in [-0.4, -0.2) is 68.4 Å². The van der Waals surface area contributed by atoms with E-state index in [9.17, 15) is 18.0 Å². The Hall–Kier alpha value is -3.05. The fourth-order valence-electron chi connectivity index (χ4n) is 3.37. The van der Waals surface area contributed by atoms with Crippen LogP contribution in [0.25, 0.3) is 0 Å². The van der Waals surface area contributed by atoms with Crippen LogP contribution in [0.2, 0.25) is 0 Å². The van der Waals surface area contributed by atoms with Crippen molar-refractivity contribution in [2.75, 3.05) is 38.7 Å². The molecule has 1 aromatic heterocycles. The van der Waals surface area contributed by atoms with Crippen molar-refractivity contribution in [1.82, 2.24) is 19.6 Å². The number of ether oxygens (including phenoxy) is 1. The van der Waals surface area contributed by atoms with E-state index >= 15 is 0 Å². The summed E-state index contributed by atoms with van der Waals surface area (Å²) in [5, 5.41) is 2.61. The van der Waals surface area contributed by atoms with E-state index in [2.05, 4.69) is 15.3 Å².